The lowest BCUT2D eigenvalue weighted by Gasteiger charge is -1.96. The SMILES string of the molecule is CCc1c(N)noc1-c1ccnnc1. The quantitative estimate of drug-likeness (QED) is 0.771. The van der Waals surface area contributed by atoms with E-state index in [1.165, 1.54) is 0 Å². The Bertz CT molecular complexity index is 424. The first-order valence-corrected chi connectivity index (χ1v) is 4.34. The molecule has 2 rings (SSSR count). The second-order valence-electron chi connectivity index (χ2n) is 2.86. The van der Waals surface area contributed by atoms with Gasteiger partial charge in [-0.25, -0.2) is 0 Å². The number of hydrogen-bond acceptors (Lipinski definition) is 5. The monoisotopic (exact) mass is 190 g/mol. The third-order valence-corrected chi connectivity index (χ3v) is 2.02. The summed E-state index contributed by atoms with van der Waals surface area (Å²) in [4.78, 5) is 0. The molecule has 2 aromatic heterocycles. The fraction of sp³-hybridized carbons (Fsp3) is 0.222. The molecule has 0 bridgehead atoms. The molecule has 5 nitrogen and oxygen atoms in total. The summed E-state index contributed by atoms with van der Waals surface area (Å²) in [7, 11) is 0. The zero-order chi connectivity index (χ0) is 9.97. The van der Waals surface area contributed by atoms with Crippen LogP contribution in [0.25, 0.3) is 11.3 Å². The van der Waals surface area contributed by atoms with Crippen molar-refractivity contribution >= 4 is 5.82 Å². The van der Waals surface area contributed by atoms with Crippen molar-refractivity contribution in [2.75, 3.05) is 5.73 Å². The second-order valence-corrected chi connectivity index (χ2v) is 2.86. The smallest absolute Gasteiger partial charge is 0.173 e. The van der Waals surface area contributed by atoms with E-state index in [2.05, 4.69) is 15.4 Å². The van der Waals surface area contributed by atoms with Crippen molar-refractivity contribution in [3.05, 3.63) is 24.0 Å². The molecule has 0 spiro atoms. The van der Waals surface area contributed by atoms with Crippen LogP contribution in [0.4, 0.5) is 5.82 Å². The highest BCUT2D eigenvalue weighted by Crippen LogP contribution is 2.26. The number of aromatic nitrogens is 3. The summed E-state index contributed by atoms with van der Waals surface area (Å²) in [6.07, 6.45) is 4.01. The molecule has 72 valence electrons. The molecule has 0 unspecified atom stereocenters. The Morgan fingerprint density at radius 1 is 1.43 bits per heavy atom. The van der Waals surface area contributed by atoms with Crippen LogP contribution in [0.2, 0.25) is 0 Å². The van der Waals surface area contributed by atoms with E-state index in [0.717, 1.165) is 17.5 Å². The largest absolute Gasteiger partial charge is 0.381 e. The number of nitrogen functional groups attached to an aromatic ring is 1. The van der Waals surface area contributed by atoms with Crippen molar-refractivity contribution in [3.8, 4) is 11.3 Å². The van der Waals surface area contributed by atoms with Gasteiger partial charge in [0.05, 0.1) is 12.4 Å². The highest BCUT2D eigenvalue weighted by molar-refractivity contribution is 5.64. The molecule has 0 atom stereocenters. The van der Waals surface area contributed by atoms with E-state index in [1.54, 1.807) is 12.4 Å². The number of rotatable bonds is 2. The molecule has 0 aliphatic heterocycles. The van der Waals surface area contributed by atoms with Gasteiger partial charge in [0.2, 0.25) is 0 Å². The van der Waals surface area contributed by atoms with Gasteiger partial charge in [-0.05, 0) is 12.5 Å². The lowest BCUT2D eigenvalue weighted by Crippen LogP contribution is -1.91. The molecule has 0 aliphatic rings. The summed E-state index contributed by atoms with van der Waals surface area (Å²) in [5.41, 5.74) is 7.41. The predicted molar refractivity (Wildman–Crippen MR) is 51.3 cm³/mol. The number of hydrogen-bond donors (Lipinski definition) is 1. The first-order valence-electron chi connectivity index (χ1n) is 4.34. The van der Waals surface area contributed by atoms with Crippen molar-refractivity contribution in [1.82, 2.24) is 15.4 Å². The molecule has 0 aromatic carbocycles. The third-order valence-electron chi connectivity index (χ3n) is 2.02. The van der Waals surface area contributed by atoms with E-state index < -0.39 is 0 Å². The summed E-state index contributed by atoms with van der Waals surface area (Å²) in [5.74, 6) is 1.12. The van der Waals surface area contributed by atoms with Crippen molar-refractivity contribution in [1.29, 1.82) is 0 Å². The van der Waals surface area contributed by atoms with E-state index in [4.69, 9.17) is 10.3 Å². The van der Waals surface area contributed by atoms with Gasteiger partial charge in [0.25, 0.3) is 0 Å². The Morgan fingerprint density at radius 3 is 2.93 bits per heavy atom. The molecule has 14 heavy (non-hydrogen) atoms. The number of nitrogens with zero attached hydrogens (tertiary/aromatic N) is 3. The van der Waals surface area contributed by atoms with Gasteiger partial charge in [-0.3, -0.25) is 0 Å². The van der Waals surface area contributed by atoms with E-state index >= 15 is 0 Å². The zero-order valence-electron chi connectivity index (χ0n) is 7.77. The highest BCUT2D eigenvalue weighted by atomic mass is 16.5. The minimum atomic E-state index is 0.444. The minimum Gasteiger partial charge on any atom is -0.381 e. The molecule has 0 saturated carbocycles. The van der Waals surface area contributed by atoms with Crippen molar-refractivity contribution in [2.45, 2.75) is 13.3 Å². The molecule has 2 N–H and O–H groups in total. The molecule has 2 heterocycles. The molecule has 0 amide bonds. The molecular weight excluding hydrogens is 180 g/mol. The summed E-state index contributed by atoms with van der Waals surface area (Å²) in [6.45, 7) is 2.00. The molecule has 0 fully saturated rings. The van der Waals surface area contributed by atoms with E-state index in [-0.39, 0.29) is 0 Å². The van der Waals surface area contributed by atoms with Gasteiger partial charge < -0.3 is 10.3 Å². The van der Waals surface area contributed by atoms with E-state index in [9.17, 15) is 0 Å². The number of nitrogens with two attached hydrogens (primary N) is 1. The highest BCUT2D eigenvalue weighted by Gasteiger charge is 2.13. The van der Waals surface area contributed by atoms with Gasteiger partial charge >= 0.3 is 0 Å². The molecule has 0 radical (unpaired) electrons. The first kappa shape index (κ1) is 8.68. The maximum atomic E-state index is 5.65. The maximum Gasteiger partial charge on any atom is 0.173 e. The summed E-state index contributed by atoms with van der Waals surface area (Å²) in [6, 6.07) is 1.81. The van der Waals surface area contributed by atoms with Crippen molar-refractivity contribution < 1.29 is 4.52 Å². The van der Waals surface area contributed by atoms with Crippen LogP contribution in [0, 0.1) is 0 Å². The molecule has 2 aromatic rings. The van der Waals surface area contributed by atoms with Gasteiger partial charge in [0.1, 0.15) is 0 Å². The fourth-order valence-electron chi connectivity index (χ4n) is 1.31. The fourth-order valence-corrected chi connectivity index (χ4v) is 1.31. The van der Waals surface area contributed by atoms with Gasteiger partial charge in [-0.15, -0.1) is 0 Å². The maximum absolute atomic E-state index is 5.65. The third kappa shape index (κ3) is 1.32. The van der Waals surface area contributed by atoms with Crippen LogP contribution in [-0.4, -0.2) is 15.4 Å². The van der Waals surface area contributed by atoms with Crippen molar-refractivity contribution in [2.24, 2.45) is 0 Å². The van der Waals surface area contributed by atoms with Gasteiger partial charge in [-0.1, -0.05) is 12.1 Å². The Morgan fingerprint density at radius 2 is 2.29 bits per heavy atom. The second kappa shape index (κ2) is 3.45. The molecule has 0 saturated heterocycles. The Balaban J connectivity index is 2.52. The van der Waals surface area contributed by atoms with Crippen LogP contribution in [0.1, 0.15) is 12.5 Å². The Kier molecular flexibility index (Phi) is 2.14. The zero-order valence-corrected chi connectivity index (χ0v) is 7.77. The van der Waals surface area contributed by atoms with Crippen LogP contribution < -0.4 is 5.73 Å². The summed E-state index contributed by atoms with van der Waals surface area (Å²) < 4.78 is 5.13. The lowest BCUT2D eigenvalue weighted by molar-refractivity contribution is 0.435. The van der Waals surface area contributed by atoms with Gasteiger partial charge in [0.15, 0.2) is 11.6 Å². The lowest BCUT2D eigenvalue weighted by atomic mass is 10.1. The normalized spacial score (nSPS) is 10.4. The van der Waals surface area contributed by atoms with Gasteiger partial charge in [0, 0.05) is 11.1 Å². The molecular formula is C9H10N4O. The van der Waals surface area contributed by atoms with E-state index in [0.29, 0.717) is 11.6 Å². The molecule has 0 aliphatic carbocycles. The van der Waals surface area contributed by atoms with Crippen LogP contribution in [0.3, 0.4) is 0 Å². The average Bonchev–Trinajstić information content (AvgIpc) is 2.61. The van der Waals surface area contributed by atoms with Crippen molar-refractivity contribution in [3.63, 3.8) is 0 Å². The molecule has 5 heteroatoms. The minimum absolute atomic E-state index is 0.444. The summed E-state index contributed by atoms with van der Waals surface area (Å²) in [5, 5.41) is 11.2. The Hall–Kier alpha value is -1.91. The Labute approximate surface area is 80.9 Å². The van der Waals surface area contributed by atoms with Crippen LogP contribution in [-0.2, 0) is 6.42 Å². The van der Waals surface area contributed by atoms with Gasteiger partial charge in [-0.2, -0.15) is 10.2 Å². The topological polar surface area (TPSA) is 77.8 Å². The standard InChI is InChI=1S/C9H10N4O/c1-2-7-8(14-13-9(7)10)6-3-4-11-12-5-6/h3-5H,2H2,1H3,(H2,10,13). The van der Waals surface area contributed by atoms with E-state index in [1.807, 2.05) is 13.0 Å². The summed E-state index contributed by atoms with van der Waals surface area (Å²) >= 11 is 0. The predicted octanol–water partition coefficient (Wildman–Crippen LogP) is 1.28. The first-order chi connectivity index (χ1) is 6.83. The number of anilines is 1. The van der Waals surface area contributed by atoms with Crippen LogP contribution in [0.15, 0.2) is 23.0 Å². The van der Waals surface area contributed by atoms with Crippen LogP contribution in [0.5, 0.6) is 0 Å². The average molecular weight is 190 g/mol. The van der Waals surface area contributed by atoms with Crippen LogP contribution >= 0.6 is 0 Å².